The van der Waals surface area contributed by atoms with E-state index in [0.717, 1.165) is 34.5 Å². The topological polar surface area (TPSA) is 70.6 Å². The number of amides is 1. The summed E-state index contributed by atoms with van der Waals surface area (Å²) in [7, 11) is -1.91. The van der Waals surface area contributed by atoms with Gasteiger partial charge in [0.05, 0.1) is 21.7 Å². The summed E-state index contributed by atoms with van der Waals surface area (Å²) in [5, 5.41) is 0.845. The number of fused-ring (bicyclic) bond motifs is 1. The van der Waals surface area contributed by atoms with E-state index in [9.17, 15) is 13.2 Å². The van der Waals surface area contributed by atoms with Crippen molar-refractivity contribution >= 4 is 37.5 Å². The summed E-state index contributed by atoms with van der Waals surface area (Å²) in [5.74, 6) is -0.224. The molecule has 1 saturated heterocycles. The van der Waals surface area contributed by atoms with E-state index in [2.05, 4.69) is 4.98 Å². The Balaban J connectivity index is 1.54. The van der Waals surface area contributed by atoms with Crippen molar-refractivity contribution in [2.24, 2.45) is 0 Å². The molecule has 6 nitrogen and oxygen atoms in total. The fraction of sp³-hybridized carbons (Fsp3) is 0.364. The molecule has 1 aliphatic rings. The number of nitrogens with zero attached hydrogens (tertiary/aromatic N) is 3. The molecule has 0 spiro atoms. The number of para-hydroxylation sites is 1. The molecule has 0 unspecified atom stereocenters. The summed E-state index contributed by atoms with van der Waals surface area (Å²) < 4.78 is 28.9. The Morgan fingerprint density at radius 1 is 1.20 bits per heavy atom. The summed E-state index contributed by atoms with van der Waals surface area (Å²) in [4.78, 5) is 19.3. The highest BCUT2D eigenvalue weighted by Gasteiger charge is 2.31. The molecule has 4 rings (SSSR count). The molecule has 2 heterocycles. The van der Waals surface area contributed by atoms with Gasteiger partial charge in [0, 0.05) is 25.2 Å². The lowest BCUT2D eigenvalue weighted by Crippen LogP contribution is -2.42. The van der Waals surface area contributed by atoms with E-state index in [4.69, 9.17) is 0 Å². The first-order valence-electron chi connectivity index (χ1n) is 10.1. The lowest BCUT2D eigenvalue weighted by Gasteiger charge is -2.32. The van der Waals surface area contributed by atoms with Crippen LogP contribution in [0.2, 0.25) is 0 Å². The molecule has 3 aromatic rings. The number of sulfonamides is 1. The third kappa shape index (κ3) is 4.12. The van der Waals surface area contributed by atoms with Gasteiger partial charge < -0.3 is 4.90 Å². The van der Waals surface area contributed by atoms with E-state index in [-0.39, 0.29) is 16.8 Å². The first-order valence-corrected chi connectivity index (χ1v) is 12.3. The zero-order valence-electron chi connectivity index (χ0n) is 17.1. The molecule has 1 atom stereocenters. The van der Waals surface area contributed by atoms with Crippen LogP contribution in [0.4, 0.5) is 0 Å². The SMILES string of the molecule is C[C@@H]1CCCCN1S(=O)(=O)c1cccc(C(=O)N(C)Cc2nc3ccccc3s2)c1. The summed E-state index contributed by atoms with van der Waals surface area (Å²) >= 11 is 1.56. The minimum atomic E-state index is -3.62. The van der Waals surface area contributed by atoms with E-state index in [0.29, 0.717) is 18.7 Å². The van der Waals surface area contributed by atoms with Crippen molar-refractivity contribution in [3.63, 3.8) is 0 Å². The third-order valence-electron chi connectivity index (χ3n) is 5.49. The Kier molecular flexibility index (Phi) is 5.90. The van der Waals surface area contributed by atoms with Gasteiger partial charge in [0.1, 0.15) is 5.01 Å². The molecule has 30 heavy (non-hydrogen) atoms. The monoisotopic (exact) mass is 443 g/mol. The predicted molar refractivity (Wildman–Crippen MR) is 119 cm³/mol. The maximum Gasteiger partial charge on any atom is 0.254 e. The van der Waals surface area contributed by atoms with E-state index >= 15 is 0 Å². The number of aromatic nitrogens is 1. The molecule has 0 radical (unpaired) electrons. The Bertz CT molecular complexity index is 1140. The quantitative estimate of drug-likeness (QED) is 0.594. The minimum absolute atomic E-state index is 0.0233. The predicted octanol–water partition coefficient (Wildman–Crippen LogP) is 4.13. The van der Waals surface area contributed by atoms with Crippen LogP contribution in [0.1, 0.15) is 41.6 Å². The number of carbonyl (C=O) groups is 1. The minimum Gasteiger partial charge on any atom is -0.335 e. The highest BCUT2D eigenvalue weighted by atomic mass is 32.2. The van der Waals surface area contributed by atoms with Crippen LogP contribution in [0.15, 0.2) is 53.4 Å². The smallest absolute Gasteiger partial charge is 0.254 e. The van der Waals surface area contributed by atoms with Crippen LogP contribution < -0.4 is 0 Å². The van der Waals surface area contributed by atoms with Crippen molar-refractivity contribution in [2.75, 3.05) is 13.6 Å². The van der Waals surface area contributed by atoms with Crippen molar-refractivity contribution < 1.29 is 13.2 Å². The van der Waals surface area contributed by atoms with Crippen molar-refractivity contribution in [1.29, 1.82) is 0 Å². The molecule has 1 fully saturated rings. The van der Waals surface area contributed by atoms with Crippen molar-refractivity contribution in [3.05, 3.63) is 59.1 Å². The molecule has 0 bridgehead atoms. The van der Waals surface area contributed by atoms with E-state index in [1.165, 1.54) is 6.07 Å². The number of piperidine rings is 1. The molecule has 1 aromatic heterocycles. The standard InChI is InChI=1S/C22H25N3O3S2/c1-16-8-5-6-13-25(16)30(27,28)18-10-7-9-17(14-18)22(26)24(2)15-21-23-19-11-3-4-12-20(19)29-21/h3-4,7,9-12,14,16H,5-6,8,13,15H2,1-2H3/t16-/m1/s1. The summed E-state index contributed by atoms with van der Waals surface area (Å²) in [6.45, 7) is 2.84. The first kappa shape index (κ1) is 21.0. The first-order chi connectivity index (χ1) is 14.4. The molecule has 0 aliphatic carbocycles. The van der Waals surface area contributed by atoms with Crippen LogP contribution in [0.3, 0.4) is 0 Å². The summed E-state index contributed by atoms with van der Waals surface area (Å²) in [5.41, 5.74) is 1.28. The number of carbonyl (C=O) groups excluding carboxylic acids is 1. The number of rotatable bonds is 5. The average Bonchev–Trinajstić information content (AvgIpc) is 3.15. The molecule has 1 aliphatic heterocycles. The zero-order valence-corrected chi connectivity index (χ0v) is 18.7. The van der Waals surface area contributed by atoms with Crippen molar-refractivity contribution in [2.45, 2.75) is 43.7 Å². The van der Waals surface area contributed by atoms with E-state index in [1.54, 1.807) is 45.8 Å². The van der Waals surface area contributed by atoms with Crippen molar-refractivity contribution in [3.8, 4) is 0 Å². The van der Waals surface area contributed by atoms with Crippen LogP contribution in [-0.2, 0) is 16.6 Å². The Morgan fingerprint density at radius 3 is 2.77 bits per heavy atom. The van der Waals surface area contributed by atoms with Crippen LogP contribution >= 0.6 is 11.3 Å². The van der Waals surface area contributed by atoms with Gasteiger partial charge >= 0.3 is 0 Å². The molecular formula is C22H25N3O3S2. The Labute approximate surface area is 181 Å². The summed E-state index contributed by atoms with van der Waals surface area (Å²) in [6.07, 6.45) is 2.78. The fourth-order valence-corrected chi connectivity index (χ4v) is 6.60. The molecule has 8 heteroatoms. The normalized spacial score (nSPS) is 17.9. The van der Waals surface area contributed by atoms with Crippen LogP contribution in [0, 0.1) is 0 Å². The number of thiazole rings is 1. The number of hydrogen-bond acceptors (Lipinski definition) is 5. The van der Waals surface area contributed by atoms with Gasteiger partial charge in [-0.05, 0) is 50.1 Å². The second-order valence-corrected chi connectivity index (χ2v) is 10.7. The molecule has 0 saturated carbocycles. The maximum absolute atomic E-state index is 13.1. The van der Waals surface area contributed by atoms with E-state index < -0.39 is 10.0 Å². The van der Waals surface area contributed by atoms with Gasteiger partial charge in [-0.3, -0.25) is 4.79 Å². The molecule has 1 amide bonds. The second kappa shape index (κ2) is 8.45. The Morgan fingerprint density at radius 2 is 2.00 bits per heavy atom. The maximum atomic E-state index is 13.1. The molecule has 0 N–H and O–H groups in total. The average molecular weight is 444 g/mol. The lowest BCUT2D eigenvalue weighted by atomic mass is 10.1. The van der Waals surface area contributed by atoms with Gasteiger partial charge in [-0.2, -0.15) is 4.31 Å². The van der Waals surface area contributed by atoms with E-state index in [1.807, 2.05) is 31.2 Å². The van der Waals surface area contributed by atoms with Crippen LogP contribution in [0.25, 0.3) is 10.2 Å². The van der Waals surface area contributed by atoms with Gasteiger partial charge in [0.25, 0.3) is 5.91 Å². The largest absolute Gasteiger partial charge is 0.335 e. The van der Waals surface area contributed by atoms with Gasteiger partial charge in [-0.15, -0.1) is 11.3 Å². The van der Waals surface area contributed by atoms with Gasteiger partial charge in [0.15, 0.2) is 0 Å². The Hall–Kier alpha value is -2.29. The van der Waals surface area contributed by atoms with Gasteiger partial charge in [0.2, 0.25) is 10.0 Å². The fourth-order valence-electron chi connectivity index (χ4n) is 3.84. The van der Waals surface area contributed by atoms with Gasteiger partial charge in [-0.25, -0.2) is 13.4 Å². The highest BCUT2D eigenvalue weighted by Crippen LogP contribution is 2.26. The molecular weight excluding hydrogens is 418 g/mol. The van der Waals surface area contributed by atoms with Crippen molar-refractivity contribution in [1.82, 2.24) is 14.2 Å². The van der Waals surface area contributed by atoms with Crippen LogP contribution in [-0.4, -0.2) is 48.1 Å². The second-order valence-electron chi connectivity index (χ2n) is 7.72. The third-order valence-corrected chi connectivity index (χ3v) is 8.52. The molecule has 158 valence electrons. The molecule has 2 aromatic carbocycles. The van der Waals surface area contributed by atoms with Crippen LogP contribution in [0.5, 0.6) is 0 Å². The van der Waals surface area contributed by atoms with Gasteiger partial charge in [-0.1, -0.05) is 24.6 Å². The number of hydrogen-bond donors (Lipinski definition) is 0. The highest BCUT2D eigenvalue weighted by molar-refractivity contribution is 7.89. The summed E-state index contributed by atoms with van der Waals surface area (Å²) in [6, 6.07) is 14.2. The number of benzene rings is 2. The lowest BCUT2D eigenvalue weighted by molar-refractivity contribution is 0.0785. The zero-order chi connectivity index (χ0) is 21.3.